The number of hydrogen-bond donors (Lipinski definition) is 2. The second kappa shape index (κ2) is 4.42. The van der Waals surface area contributed by atoms with Crippen LogP contribution in [0.25, 0.3) is 11.3 Å². The topological polar surface area (TPSA) is 63.8 Å². The second-order valence-electron chi connectivity index (χ2n) is 3.04. The van der Waals surface area contributed by atoms with E-state index in [4.69, 9.17) is 17.4 Å². The summed E-state index contributed by atoms with van der Waals surface area (Å²) in [6.07, 6.45) is 1.55. The first-order chi connectivity index (χ1) is 7.70. The van der Waals surface area contributed by atoms with E-state index >= 15 is 0 Å². The van der Waals surface area contributed by atoms with Gasteiger partial charge in [0.25, 0.3) is 0 Å². The van der Waals surface area contributed by atoms with E-state index in [0.29, 0.717) is 11.3 Å². The predicted octanol–water partition coefficient (Wildman–Crippen LogP) is 2.22. The summed E-state index contributed by atoms with van der Waals surface area (Å²) in [5.74, 6) is 5.02. The lowest BCUT2D eigenvalue weighted by atomic mass is 10.1. The van der Waals surface area contributed by atoms with Gasteiger partial charge in [0.2, 0.25) is 5.95 Å². The third-order valence-electron chi connectivity index (χ3n) is 2.00. The zero-order chi connectivity index (χ0) is 11.5. The van der Waals surface area contributed by atoms with Crippen LogP contribution in [0.3, 0.4) is 0 Å². The number of nitrogens with two attached hydrogens (primary N) is 1. The van der Waals surface area contributed by atoms with E-state index in [1.54, 1.807) is 18.3 Å². The molecule has 6 heteroatoms. The summed E-state index contributed by atoms with van der Waals surface area (Å²) in [7, 11) is 0. The maximum Gasteiger partial charge on any atom is 0.237 e. The van der Waals surface area contributed by atoms with E-state index in [0.717, 1.165) is 0 Å². The molecule has 0 aliphatic carbocycles. The van der Waals surface area contributed by atoms with Crippen molar-refractivity contribution in [1.29, 1.82) is 0 Å². The second-order valence-corrected chi connectivity index (χ2v) is 3.45. The quantitative estimate of drug-likeness (QED) is 0.622. The molecule has 0 bridgehead atoms. The van der Waals surface area contributed by atoms with Crippen LogP contribution >= 0.6 is 11.6 Å². The molecule has 0 amide bonds. The van der Waals surface area contributed by atoms with Crippen molar-refractivity contribution in [2.75, 3.05) is 5.43 Å². The van der Waals surface area contributed by atoms with E-state index < -0.39 is 5.82 Å². The molecular formula is C10H8ClFN4. The Kier molecular flexibility index (Phi) is 2.98. The van der Waals surface area contributed by atoms with Gasteiger partial charge in [0.1, 0.15) is 5.82 Å². The summed E-state index contributed by atoms with van der Waals surface area (Å²) in [6, 6.07) is 6.06. The minimum absolute atomic E-state index is 0.0540. The van der Waals surface area contributed by atoms with Gasteiger partial charge in [0.15, 0.2) is 0 Å². The number of benzene rings is 1. The first-order valence-electron chi connectivity index (χ1n) is 4.46. The summed E-state index contributed by atoms with van der Waals surface area (Å²) in [4.78, 5) is 7.97. The summed E-state index contributed by atoms with van der Waals surface area (Å²) in [5.41, 5.74) is 3.65. The molecule has 0 saturated carbocycles. The smallest absolute Gasteiger partial charge is 0.237 e. The lowest BCUT2D eigenvalue weighted by molar-refractivity contribution is 0.628. The van der Waals surface area contributed by atoms with E-state index in [2.05, 4.69) is 15.4 Å². The van der Waals surface area contributed by atoms with E-state index in [9.17, 15) is 4.39 Å². The van der Waals surface area contributed by atoms with Crippen LogP contribution in [0, 0.1) is 5.82 Å². The van der Waals surface area contributed by atoms with Gasteiger partial charge in [0.05, 0.1) is 10.7 Å². The number of aromatic nitrogens is 2. The van der Waals surface area contributed by atoms with E-state index in [1.165, 1.54) is 12.1 Å². The number of nitrogens with one attached hydrogen (secondary N) is 1. The van der Waals surface area contributed by atoms with Crippen LogP contribution in [-0.2, 0) is 0 Å². The Hall–Kier alpha value is -1.72. The number of anilines is 1. The van der Waals surface area contributed by atoms with Gasteiger partial charge in [-0.3, -0.25) is 5.43 Å². The first kappa shape index (κ1) is 10.8. The lowest BCUT2D eigenvalue weighted by Gasteiger charge is -2.03. The zero-order valence-electron chi connectivity index (χ0n) is 8.11. The number of nitrogen functional groups attached to an aromatic ring is 1. The van der Waals surface area contributed by atoms with Crippen molar-refractivity contribution in [2.45, 2.75) is 0 Å². The van der Waals surface area contributed by atoms with Crippen LogP contribution in [0.5, 0.6) is 0 Å². The van der Waals surface area contributed by atoms with Gasteiger partial charge in [-0.1, -0.05) is 11.6 Å². The average Bonchev–Trinajstić information content (AvgIpc) is 2.33. The molecule has 0 radical (unpaired) electrons. The average molecular weight is 239 g/mol. The SMILES string of the molecule is NNc1nccc(-c2ccc(F)c(Cl)c2)n1. The molecule has 0 unspecified atom stereocenters. The van der Waals surface area contributed by atoms with E-state index in [-0.39, 0.29) is 11.0 Å². The Morgan fingerprint density at radius 2 is 2.12 bits per heavy atom. The number of rotatable bonds is 2. The molecular weight excluding hydrogens is 231 g/mol. The summed E-state index contributed by atoms with van der Waals surface area (Å²) in [5, 5.41) is 0.0540. The molecule has 2 rings (SSSR count). The monoisotopic (exact) mass is 238 g/mol. The highest BCUT2D eigenvalue weighted by atomic mass is 35.5. The van der Waals surface area contributed by atoms with Crippen LogP contribution in [0.2, 0.25) is 5.02 Å². The van der Waals surface area contributed by atoms with Gasteiger partial charge >= 0.3 is 0 Å². The maximum atomic E-state index is 13.0. The van der Waals surface area contributed by atoms with Gasteiger partial charge in [-0.05, 0) is 24.3 Å². The van der Waals surface area contributed by atoms with Crippen molar-refractivity contribution in [1.82, 2.24) is 9.97 Å². The van der Waals surface area contributed by atoms with Crippen molar-refractivity contribution in [3.63, 3.8) is 0 Å². The summed E-state index contributed by atoms with van der Waals surface area (Å²) in [6.45, 7) is 0. The molecule has 82 valence electrons. The van der Waals surface area contributed by atoms with Crippen molar-refractivity contribution in [3.8, 4) is 11.3 Å². The first-order valence-corrected chi connectivity index (χ1v) is 4.83. The summed E-state index contributed by atoms with van der Waals surface area (Å²) < 4.78 is 13.0. The fourth-order valence-corrected chi connectivity index (χ4v) is 1.43. The molecule has 16 heavy (non-hydrogen) atoms. The molecule has 0 spiro atoms. The molecule has 1 aromatic carbocycles. The standard InChI is InChI=1S/C10H8ClFN4/c11-7-5-6(1-2-8(7)12)9-3-4-14-10(15-9)16-13/h1-5H,13H2,(H,14,15,16). The fourth-order valence-electron chi connectivity index (χ4n) is 1.24. The van der Waals surface area contributed by atoms with Crippen LogP contribution in [0.1, 0.15) is 0 Å². The molecule has 1 aromatic heterocycles. The van der Waals surface area contributed by atoms with E-state index in [1.807, 2.05) is 0 Å². The normalized spacial score (nSPS) is 10.2. The van der Waals surface area contributed by atoms with Gasteiger partial charge in [-0.25, -0.2) is 20.2 Å². The Morgan fingerprint density at radius 1 is 1.31 bits per heavy atom. The molecule has 0 fully saturated rings. The van der Waals surface area contributed by atoms with Crippen molar-refractivity contribution in [2.24, 2.45) is 5.84 Å². The predicted molar refractivity (Wildman–Crippen MR) is 60.2 cm³/mol. The van der Waals surface area contributed by atoms with Gasteiger partial charge in [-0.15, -0.1) is 0 Å². The molecule has 2 aromatic rings. The van der Waals surface area contributed by atoms with Gasteiger partial charge in [0, 0.05) is 11.8 Å². The van der Waals surface area contributed by atoms with Crippen LogP contribution in [-0.4, -0.2) is 9.97 Å². The number of nitrogens with zero attached hydrogens (tertiary/aromatic N) is 2. The third kappa shape index (κ3) is 2.10. The zero-order valence-corrected chi connectivity index (χ0v) is 8.87. The minimum Gasteiger partial charge on any atom is -0.292 e. The Labute approximate surface area is 96.3 Å². The molecule has 0 atom stereocenters. The lowest BCUT2D eigenvalue weighted by Crippen LogP contribution is -2.10. The number of halogens is 2. The van der Waals surface area contributed by atoms with Crippen molar-refractivity contribution in [3.05, 3.63) is 41.3 Å². The fraction of sp³-hybridized carbons (Fsp3) is 0. The molecule has 0 aliphatic heterocycles. The highest BCUT2D eigenvalue weighted by Gasteiger charge is 2.05. The minimum atomic E-state index is -0.461. The van der Waals surface area contributed by atoms with Crippen molar-refractivity contribution < 1.29 is 4.39 Å². The molecule has 1 heterocycles. The highest BCUT2D eigenvalue weighted by Crippen LogP contribution is 2.23. The van der Waals surface area contributed by atoms with Crippen LogP contribution < -0.4 is 11.3 Å². The number of hydrogen-bond acceptors (Lipinski definition) is 4. The molecule has 0 saturated heterocycles. The third-order valence-corrected chi connectivity index (χ3v) is 2.29. The van der Waals surface area contributed by atoms with Gasteiger partial charge in [-0.2, -0.15) is 0 Å². The number of hydrazine groups is 1. The highest BCUT2D eigenvalue weighted by molar-refractivity contribution is 6.31. The largest absolute Gasteiger partial charge is 0.292 e. The van der Waals surface area contributed by atoms with Crippen LogP contribution in [0.15, 0.2) is 30.5 Å². The van der Waals surface area contributed by atoms with Gasteiger partial charge < -0.3 is 0 Å². The summed E-state index contributed by atoms with van der Waals surface area (Å²) >= 11 is 5.68. The molecule has 4 nitrogen and oxygen atoms in total. The van der Waals surface area contributed by atoms with Crippen molar-refractivity contribution >= 4 is 17.5 Å². The van der Waals surface area contributed by atoms with Crippen LogP contribution in [0.4, 0.5) is 10.3 Å². The maximum absolute atomic E-state index is 13.0. The Balaban J connectivity index is 2.46. The molecule has 3 N–H and O–H groups in total. The Morgan fingerprint density at radius 3 is 2.81 bits per heavy atom. The molecule has 0 aliphatic rings. The Bertz CT molecular complexity index is 518.